The van der Waals surface area contributed by atoms with Crippen molar-refractivity contribution in [2.24, 2.45) is 5.73 Å². The number of hydrogen-bond acceptors (Lipinski definition) is 4. The smallest absolute Gasteiger partial charge is 0.326 e. The summed E-state index contributed by atoms with van der Waals surface area (Å²) in [5.41, 5.74) is 5.72. The van der Waals surface area contributed by atoms with Gasteiger partial charge in [0.25, 0.3) is 5.91 Å². The normalized spacial score (nSPS) is 11.8. The lowest BCUT2D eigenvalue weighted by atomic mass is 10.1. The van der Waals surface area contributed by atoms with Gasteiger partial charge in [0.05, 0.1) is 0 Å². The molecule has 1 amide bonds. The van der Waals surface area contributed by atoms with Gasteiger partial charge in [0.2, 0.25) is 0 Å². The number of carbonyl (C=O) groups is 2. The lowest BCUT2D eigenvalue weighted by Crippen LogP contribution is -2.29. The third kappa shape index (κ3) is 3.75. The molecule has 0 aliphatic carbocycles. The van der Waals surface area contributed by atoms with Gasteiger partial charge in [0, 0.05) is 11.9 Å². The first-order chi connectivity index (χ1) is 8.04. The number of pyridine rings is 1. The molecule has 0 aliphatic heterocycles. The minimum atomic E-state index is -0.927. The maximum Gasteiger partial charge on any atom is 0.326 e. The Balaban J connectivity index is 2.82. The average molecular weight is 237 g/mol. The minimum Gasteiger partial charge on any atom is -0.480 e. The molecular weight excluding hydrogens is 222 g/mol. The molecule has 1 aromatic heterocycles. The van der Waals surface area contributed by atoms with Crippen LogP contribution >= 0.6 is 0 Å². The molecule has 17 heavy (non-hydrogen) atoms. The van der Waals surface area contributed by atoms with Crippen LogP contribution < -0.4 is 11.1 Å². The monoisotopic (exact) mass is 237 g/mol. The number of hydrogen-bond donors (Lipinski definition) is 3. The van der Waals surface area contributed by atoms with E-state index in [-0.39, 0.29) is 5.69 Å². The summed E-state index contributed by atoms with van der Waals surface area (Å²) < 4.78 is 0. The van der Waals surface area contributed by atoms with E-state index >= 15 is 0 Å². The summed E-state index contributed by atoms with van der Waals surface area (Å²) in [6.45, 7) is 1.90. The first-order valence-corrected chi connectivity index (χ1v) is 5.29. The second-order valence-corrected chi connectivity index (χ2v) is 3.62. The van der Waals surface area contributed by atoms with Crippen molar-refractivity contribution in [2.75, 3.05) is 5.32 Å². The number of rotatable bonds is 6. The maximum atomic E-state index is 10.9. The van der Waals surface area contributed by atoms with E-state index in [1.165, 1.54) is 12.3 Å². The minimum absolute atomic E-state index is 0.107. The highest BCUT2D eigenvalue weighted by molar-refractivity contribution is 5.91. The van der Waals surface area contributed by atoms with Crippen molar-refractivity contribution in [2.45, 2.75) is 25.8 Å². The summed E-state index contributed by atoms with van der Waals surface area (Å²) in [5, 5.41) is 11.8. The zero-order valence-corrected chi connectivity index (χ0v) is 9.51. The lowest BCUT2D eigenvalue weighted by molar-refractivity contribution is -0.138. The highest BCUT2D eigenvalue weighted by atomic mass is 16.4. The topological polar surface area (TPSA) is 105 Å². The Hall–Kier alpha value is -2.11. The highest BCUT2D eigenvalue weighted by Crippen LogP contribution is 2.11. The van der Waals surface area contributed by atoms with Crippen LogP contribution in [-0.4, -0.2) is 28.0 Å². The molecule has 0 radical (unpaired) electrons. The van der Waals surface area contributed by atoms with Crippen LogP contribution in [0.3, 0.4) is 0 Å². The Morgan fingerprint density at radius 3 is 2.82 bits per heavy atom. The van der Waals surface area contributed by atoms with Crippen LogP contribution in [0.2, 0.25) is 0 Å². The van der Waals surface area contributed by atoms with Crippen molar-refractivity contribution in [1.29, 1.82) is 0 Å². The van der Waals surface area contributed by atoms with Crippen LogP contribution in [-0.2, 0) is 4.79 Å². The van der Waals surface area contributed by atoms with Crippen LogP contribution in [0.4, 0.5) is 5.69 Å². The number of carbonyl (C=O) groups excluding carboxylic acids is 1. The van der Waals surface area contributed by atoms with E-state index in [0.717, 1.165) is 6.42 Å². The standard InChI is InChI=1S/C11H15N3O3/c1-2-3-8(11(16)17)14-7-4-5-13-9(6-7)10(12)15/h4-6,8H,2-3H2,1H3,(H2,12,15)(H,13,14)(H,16,17). The van der Waals surface area contributed by atoms with Crippen molar-refractivity contribution in [3.05, 3.63) is 24.0 Å². The zero-order chi connectivity index (χ0) is 12.8. The molecule has 6 nitrogen and oxygen atoms in total. The molecule has 0 aliphatic rings. The summed E-state index contributed by atoms with van der Waals surface area (Å²) >= 11 is 0. The van der Waals surface area contributed by atoms with Gasteiger partial charge in [0.1, 0.15) is 11.7 Å². The predicted octanol–water partition coefficient (Wildman–Crippen LogP) is 0.846. The van der Waals surface area contributed by atoms with E-state index in [9.17, 15) is 9.59 Å². The third-order valence-corrected chi connectivity index (χ3v) is 2.23. The molecule has 1 rings (SSSR count). The molecule has 0 saturated heterocycles. The van der Waals surface area contributed by atoms with Crippen LogP contribution in [0.15, 0.2) is 18.3 Å². The number of nitrogens with two attached hydrogens (primary N) is 1. The highest BCUT2D eigenvalue weighted by Gasteiger charge is 2.16. The van der Waals surface area contributed by atoms with Crippen LogP contribution in [0.5, 0.6) is 0 Å². The number of aliphatic carboxylic acids is 1. The average Bonchev–Trinajstić information content (AvgIpc) is 2.28. The zero-order valence-electron chi connectivity index (χ0n) is 9.51. The second-order valence-electron chi connectivity index (χ2n) is 3.62. The lowest BCUT2D eigenvalue weighted by Gasteiger charge is -2.14. The Kier molecular flexibility index (Phi) is 4.45. The van der Waals surface area contributed by atoms with Crippen LogP contribution in [0.25, 0.3) is 0 Å². The van der Waals surface area contributed by atoms with Gasteiger partial charge in [-0.25, -0.2) is 4.79 Å². The number of carboxylic acids is 1. The van der Waals surface area contributed by atoms with E-state index in [4.69, 9.17) is 10.8 Å². The molecule has 0 aromatic carbocycles. The summed E-state index contributed by atoms with van der Waals surface area (Å²) in [4.78, 5) is 25.6. The van der Waals surface area contributed by atoms with E-state index in [2.05, 4.69) is 10.3 Å². The molecule has 1 atom stereocenters. The predicted molar refractivity (Wildman–Crippen MR) is 62.7 cm³/mol. The van der Waals surface area contributed by atoms with Crippen molar-refractivity contribution >= 4 is 17.6 Å². The maximum absolute atomic E-state index is 10.9. The SMILES string of the molecule is CCCC(Nc1ccnc(C(N)=O)c1)C(=O)O. The molecule has 0 bridgehead atoms. The third-order valence-electron chi connectivity index (χ3n) is 2.23. The summed E-state index contributed by atoms with van der Waals surface area (Å²) in [6.07, 6.45) is 2.66. The van der Waals surface area contributed by atoms with Crippen molar-refractivity contribution in [1.82, 2.24) is 4.98 Å². The van der Waals surface area contributed by atoms with E-state index < -0.39 is 17.9 Å². The summed E-state index contributed by atoms with van der Waals surface area (Å²) in [7, 11) is 0. The van der Waals surface area contributed by atoms with E-state index in [1.807, 2.05) is 6.92 Å². The molecular formula is C11H15N3O3. The van der Waals surface area contributed by atoms with E-state index in [0.29, 0.717) is 12.1 Å². The molecule has 0 spiro atoms. The first-order valence-electron chi connectivity index (χ1n) is 5.29. The van der Waals surface area contributed by atoms with E-state index in [1.54, 1.807) is 6.07 Å². The largest absolute Gasteiger partial charge is 0.480 e. The fraction of sp³-hybridized carbons (Fsp3) is 0.364. The van der Waals surface area contributed by atoms with Gasteiger partial charge >= 0.3 is 5.97 Å². The van der Waals surface area contributed by atoms with Gasteiger partial charge in [-0.2, -0.15) is 0 Å². The fourth-order valence-corrected chi connectivity index (χ4v) is 1.40. The molecule has 4 N–H and O–H groups in total. The van der Waals surface area contributed by atoms with Crippen LogP contribution in [0.1, 0.15) is 30.3 Å². The number of anilines is 1. The van der Waals surface area contributed by atoms with Crippen molar-refractivity contribution < 1.29 is 14.7 Å². The van der Waals surface area contributed by atoms with Crippen LogP contribution in [0, 0.1) is 0 Å². The summed E-state index contributed by atoms with van der Waals surface area (Å²) in [5.74, 6) is -1.57. The Morgan fingerprint density at radius 2 is 2.29 bits per heavy atom. The Bertz CT molecular complexity index is 420. The molecule has 6 heteroatoms. The molecule has 92 valence electrons. The van der Waals surface area contributed by atoms with Gasteiger partial charge < -0.3 is 16.2 Å². The number of aromatic nitrogens is 1. The van der Waals surface area contributed by atoms with Gasteiger partial charge in [0.15, 0.2) is 0 Å². The Labute approximate surface area is 98.8 Å². The van der Waals surface area contributed by atoms with Crippen molar-refractivity contribution in [3.63, 3.8) is 0 Å². The molecule has 0 fully saturated rings. The number of nitrogens with one attached hydrogen (secondary N) is 1. The van der Waals surface area contributed by atoms with Gasteiger partial charge in [-0.15, -0.1) is 0 Å². The number of primary amides is 1. The van der Waals surface area contributed by atoms with Gasteiger partial charge in [-0.05, 0) is 18.6 Å². The molecule has 1 aromatic rings. The van der Waals surface area contributed by atoms with Gasteiger partial charge in [-0.3, -0.25) is 9.78 Å². The summed E-state index contributed by atoms with van der Waals surface area (Å²) in [6, 6.07) is 2.36. The van der Waals surface area contributed by atoms with Crippen molar-refractivity contribution in [3.8, 4) is 0 Å². The number of amides is 1. The Morgan fingerprint density at radius 1 is 1.59 bits per heavy atom. The molecule has 0 saturated carbocycles. The quantitative estimate of drug-likeness (QED) is 0.680. The molecule has 1 heterocycles. The number of nitrogens with zero attached hydrogens (tertiary/aromatic N) is 1. The fourth-order valence-electron chi connectivity index (χ4n) is 1.40. The molecule has 1 unspecified atom stereocenters. The van der Waals surface area contributed by atoms with Gasteiger partial charge in [-0.1, -0.05) is 13.3 Å². The second kappa shape index (κ2) is 5.83. The first kappa shape index (κ1) is 13.0. The number of carboxylic acid groups (broad SMARTS) is 1.